The summed E-state index contributed by atoms with van der Waals surface area (Å²) in [6.07, 6.45) is 1.23. The van der Waals surface area contributed by atoms with Gasteiger partial charge in [-0.3, -0.25) is 0 Å². The van der Waals surface area contributed by atoms with E-state index >= 15 is 0 Å². The van der Waals surface area contributed by atoms with Gasteiger partial charge in [0.05, 0.1) is 6.04 Å². The van der Waals surface area contributed by atoms with Crippen molar-refractivity contribution in [3.63, 3.8) is 0 Å². The van der Waals surface area contributed by atoms with Gasteiger partial charge < -0.3 is 15.3 Å². The van der Waals surface area contributed by atoms with Gasteiger partial charge in [0.25, 0.3) is 0 Å². The smallest absolute Gasteiger partial charge is 0.326 e. The molecule has 1 aromatic carbocycles. The van der Waals surface area contributed by atoms with E-state index in [0.717, 1.165) is 12.0 Å². The Morgan fingerprint density at radius 1 is 1.50 bits per heavy atom. The van der Waals surface area contributed by atoms with Crippen molar-refractivity contribution in [3.8, 4) is 0 Å². The van der Waals surface area contributed by atoms with E-state index in [0.29, 0.717) is 18.0 Å². The summed E-state index contributed by atoms with van der Waals surface area (Å²) >= 11 is 5.92. The van der Waals surface area contributed by atoms with Crippen LogP contribution in [0.2, 0.25) is 5.02 Å². The number of urea groups is 1. The second-order valence-corrected chi connectivity index (χ2v) is 5.35. The van der Waals surface area contributed by atoms with E-state index in [2.05, 4.69) is 5.32 Å². The fourth-order valence-electron chi connectivity index (χ4n) is 2.39. The summed E-state index contributed by atoms with van der Waals surface area (Å²) < 4.78 is 0. The SMILES string of the molecule is CC(NC(=O)N1CCC[C@H]1C(=O)O)c1cccc(Cl)c1. The van der Waals surface area contributed by atoms with Crippen molar-refractivity contribution >= 4 is 23.6 Å². The van der Waals surface area contributed by atoms with Gasteiger partial charge in [-0.2, -0.15) is 0 Å². The van der Waals surface area contributed by atoms with Crippen LogP contribution in [-0.2, 0) is 4.79 Å². The number of carbonyl (C=O) groups excluding carboxylic acids is 1. The molecule has 2 atom stereocenters. The van der Waals surface area contributed by atoms with Crippen LogP contribution in [0.4, 0.5) is 4.79 Å². The molecule has 1 fully saturated rings. The molecule has 1 aliphatic heterocycles. The van der Waals surface area contributed by atoms with Crippen LogP contribution in [0.25, 0.3) is 0 Å². The number of carboxylic acids is 1. The van der Waals surface area contributed by atoms with Crippen molar-refractivity contribution in [2.75, 3.05) is 6.54 Å². The molecule has 6 heteroatoms. The van der Waals surface area contributed by atoms with Gasteiger partial charge in [-0.1, -0.05) is 23.7 Å². The molecule has 2 rings (SSSR count). The first kappa shape index (κ1) is 14.7. The molecular weight excluding hydrogens is 280 g/mol. The van der Waals surface area contributed by atoms with Crippen LogP contribution in [0.15, 0.2) is 24.3 Å². The molecule has 0 saturated carbocycles. The molecule has 108 valence electrons. The molecule has 5 nitrogen and oxygen atoms in total. The Bertz CT molecular complexity index is 521. The van der Waals surface area contributed by atoms with Crippen LogP contribution in [0.3, 0.4) is 0 Å². The van der Waals surface area contributed by atoms with Gasteiger partial charge in [-0.25, -0.2) is 9.59 Å². The largest absolute Gasteiger partial charge is 0.480 e. The van der Waals surface area contributed by atoms with E-state index in [1.165, 1.54) is 4.90 Å². The van der Waals surface area contributed by atoms with Gasteiger partial charge in [0.2, 0.25) is 0 Å². The average molecular weight is 297 g/mol. The van der Waals surface area contributed by atoms with E-state index in [1.807, 2.05) is 19.1 Å². The third kappa shape index (κ3) is 3.22. The number of carbonyl (C=O) groups is 2. The lowest BCUT2D eigenvalue weighted by Gasteiger charge is -2.24. The number of hydrogen-bond donors (Lipinski definition) is 2. The first-order valence-corrected chi connectivity index (χ1v) is 6.92. The molecule has 2 amide bonds. The van der Waals surface area contributed by atoms with Crippen LogP contribution in [0.5, 0.6) is 0 Å². The number of nitrogens with one attached hydrogen (secondary N) is 1. The molecule has 0 aliphatic carbocycles. The Labute approximate surface area is 122 Å². The predicted molar refractivity (Wildman–Crippen MR) is 75.8 cm³/mol. The van der Waals surface area contributed by atoms with Crippen molar-refractivity contribution < 1.29 is 14.7 Å². The van der Waals surface area contributed by atoms with Crippen LogP contribution in [-0.4, -0.2) is 34.6 Å². The maximum Gasteiger partial charge on any atom is 0.326 e. The highest BCUT2D eigenvalue weighted by atomic mass is 35.5. The highest BCUT2D eigenvalue weighted by Gasteiger charge is 2.34. The van der Waals surface area contributed by atoms with Crippen molar-refractivity contribution in [2.24, 2.45) is 0 Å². The number of rotatable bonds is 3. The lowest BCUT2D eigenvalue weighted by Crippen LogP contribution is -2.46. The third-order valence-electron chi connectivity index (χ3n) is 3.49. The van der Waals surface area contributed by atoms with Crippen LogP contribution in [0, 0.1) is 0 Å². The van der Waals surface area contributed by atoms with E-state index < -0.39 is 12.0 Å². The van der Waals surface area contributed by atoms with Crippen LogP contribution in [0.1, 0.15) is 31.4 Å². The van der Waals surface area contributed by atoms with E-state index in [1.54, 1.807) is 12.1 Å². The molecule has 20 heavy (non-hydrogen) atoms. The van der Waals surface area contributed by atoms with Crippen molar-refractivity contribution in [2.45, 2.75) is 31.8 Å². The molecule has 1 aromatic rings. The van der Waals surface area contributed by atoms with Gasteiger partial charge in [-0.15, -0.1) is 0 Å². The zero-order chi connectivity index (χ0) is 14.7. The zero-order valence-electron chi connectivity index (χ0n) is 11.2. The predicted octanol–water partition coefficient (Wildman–Crippen LogP) is 2.66. The molecule has 2 N–H and O–H groups in total. The highest BCUT2D eigenvalue weighted by molar-refractivity contribution is 6.30. The van der Waals surface area contributed by atoms with Gasteiger partial charge in [0, 0.05) is 11.6 Å². The highest BCUT2D eigenvalue weighted by Crippen LogP contribution is 2.20. The second kappa shape index (κ2) is 6.13. The molecule has 0 spiro atoms. The van der Waals surface area contributed by atoms with Gasteiger partial charge in [0.15, 0.2) is 0 Å². The number of carboxylic acid groups (broad SMARTS) is 1. The summed E-state index contributed by atoms with van der Waals surface area (Å²) in [5.74, 6) is -0.951. The Morgan fingerprint density at radius 3 is 2.90 bits per heavy atom. The van der Waals surface area contributed by atoms with E-state index in [4.69, 9.17) is 16.7 Å². The number of halogens is 1. The van der Waals surface area contributed by atoms with Crippen molar-refractivity contribution in [1.82, 2.24) is 10.2 Å². The second-order valence-electron chi connectivity index (χ2n) is 4.92. The van der Waals surface area contributed by atoms with Gasteiger partial charge >= 0.3 is 12.0 Å². The standard InChI is InChI=1S/C14H17ClN2O3/c1-9(10-4-2-5-11(15)8-10)16-14(20)17-7-3-6-12(17)13(18)19/h2,4-5,8-9,12H,3,6-7H2,1H3,(H,16,20)(H,18,19)/t9?,12-/m0/s1. The summed E-state index contributed by atoms with van der Waals surface area (Å²) in [4.78, 5) is 24.6. The monoisotopic (exact) mass is 296 g/mol. The molecule has 1 saturated heterocycles. The zero-order valence-corrected chi connectivity index (χ0v) is 11.9. The topological polar surface area (TPSA) is 69.6 Å². The summed E-state index contributed by atoms with van der Waals surface area (Å²) in [5.41, 5.74) is 0.886. The number of likely N-dealkylation sites (tertiary alicyclic amines) is 1. The first-order valence-electron chi connectivity index (χ1n) is 6.54. The fourth-order valence-corrected chi connectivity index (χ4v) is 2.59. The van der Waals surface area contributed by atoms with Crippen LogP contribution < -0.4 is 5.32 Å². The molecule has 1 aliphatic rings. The number of benzene rings is 1. The van der Waals surface area contributed by atoms with Gasteiger partial charge in [0.1, 0.15) is 6.04 Å². The quantitative estimate of drug-likeness (QED) is 0.901. The Morgan fingerprint density at radius 2 is 2.25 bits per heavy atom. The summed E-state index contributed by atoms with van der Waals surface area (Å²) in [7, 11) is 0. The maximum absolute atomic E-state index is 12.1. The minimum absolute atomic E-state index is 0.226. The molecule has 0 radical (unpaired) electrons. The van der Waals surface area contributed by atoms with Crippen LogP contribution >= 0.6 is 11.6 Å². The molecule has 1 heterocycles. The first-order chi connectivity index (χ1) is 9.49. The molecule has 1 unspecified atom stereocenters. The summed E-state index contributed by atoms with van der Waals surface area (Å²) in [6.45, 7) is 2.32. The maximum atomic E-state index is 12.1. The number of nitrogens with zero attached hydrogens (tertiary/aromatic N) is 1. The van der Waals surface area contributed by atoms with E-state index in [-0.39, 0.29) is 12.1 Å². The fraction of sp³-hybridized carbons (Fsp3) is 0.429. The Kier molecular flexibility index (Phi) is 4.49. The molecule has 0 aromatic heterocycles. The summed E-state index contributed by atoms with van der Waals surface area (Å²) in [6, 6.07) is 5.94. The number of amides is 2. The average Bonchev–Trinajstić information content (AvgIpc) is 2.88. The summed E-state index contributed by atoms with van der Waals surface area (Å²) in [5, 5.41) is 12.5. The van der Waals surface area contributed by atoms with Crippen molar-refractivity contribution in [1.29, 1.82) is 0 Å². The van der Waals surface area contributed by atoms with Gasteiger partial charge in [-0.05, 0) is 37.5 Å². The normalized spacial score (nSPS) is 19.7. The van der Waals surface area contributed by atoms with Crippen molar-refractivity contribution in [3.05, 3.63) is 34.9 Å². The third-order valence-corrected chi connectivity index (χ3v) is 3.72. The lowest BCUT2D eigenvalue weighted by molar-refractivity contribution is -0.141. The lowest BCUT2D eigenvalue weighted by atomic mass is 10.1. The minimum Gasteiger partial charge on any atom is -0.480 e. The number of aliphatic carboxylic acids is 1. The Hall–Kier alpha value is -1.75. The van der Waals surface area contributed by atoms with E-state index in [9.17, 15) is 9.59 Å². The minimum atomic E-state index is -0.951. The molecular formula is C14H17ClN2O3. The Balaban J connectivity index is 2.02. The molecule has 0 bridgehead atoms. The number of hydrogen-bond acceptors (Lipinski definition) is 2.